The highest BCUT2D eigenvalue weighted by Gasteiger charge is 2.41. The molecule has 0 radical (unpaired) electrons. The molecule has 1 aliphatic rings. The van der Waals surface area contributed by atoms with Gasteiger partial charge >= 0.3 is 5.97 Å². The molecule has 6 nitrogen and oxygen atoms in total. The Balaban J connectivity index is 2.51. The molecule has 26 heavy (non-hydrogen) atoms. The zero-order valence-electron chi connectivity index (χ0n) is 15.6. The molecule has 0 aromatic carbocycles. The molecule has 1 rings (SSSR count). The maximum Gasteiger partial charge on any atom is 0.303 e. The van der Waals surface area contributed by atoms with Crippen molar-refractivity contribution in [1.82, 2.24) is 0 Å². The molecule has 0 aromatic heterocycles. The average Bonchev–Trinajstić information content (AvgIpc) is 2.83. The minimum absolute atomic E-state index is 0.00536. The van der Waals surface area contributed by atoms with E-state index in [2.05, 4.69) is 6.92 Å². The van der Waals surface area contributed by atoms with Crippen molar-refractivity contribution >= 4 is 17.5 Å². The van der Waals surface area contributed by atoms with E-state index in [0.29, 0.717) is 19.3 Å². The van der Waals surface area contributed by atoms with Gasteiger partial charge in [0.25, 0.3) is 0 Å². The third-order valence-electron chi connectivity index (χ3n) is 5.01. The Hall–Kier alpha value is -1.53. The first-order valence-corrected chi connectivity index (χ1v) is 9.65. The largest absolute Gasteiger partial charge is 0.481 e. The van der Waals surface area contributed by atoms with Crippen molar-refractivity contribution in [2.75, 3.05) is 0 Å². The summed E-state index contributed by atoms with van der Waals surface area (Å²) in [6, 6.07) is 0. The number of hydrogen-bond acceptors (Lipinski definition) is 5. The number of unbranched alkanes of at least 4 members (excludes halogenated alkanes) is 3. The highest BCUT2D eigenvalue weighted by molar-refractivity contribution is 5.89. The van der Waals surface area contributed by atoms with Gasteiger partial charge in [-0.25, -0.2) is 0 Å². The molecule has 0 saturated heterocycles. The number of ketones is 2. The summed E-state index contributed by atoms with van der Waals surface area (Å²) >= 11 is 0. The standard InChI is InChI=1S/C20H32O6/c1-2-3-4-7-14(21)10-11-16-17(19(24)13-18(16)23)12-15(22)8-5-6-9-20(25)26/h10-11,16-19,23-24H,2-9,12-13H2,1H3,(H,25,26)/t16-,17-,18-,19+/m1/s1. The van der Waals surface area contributed by atoms with Gasteiger partial charge in [0.15, 0.2) is 5.78 Å². The predicted molar refractivity (Wildman–Crippen MR) is 97.6 cm³/mol. The van der Waals surface area contributed by atoms with E-state index in [9.17, 15) is 24.6 Å². The molecule has 1 saturated carbocycles. The van der Waals surface area contributed by atoms with Crippen molar-refractivity contribution in [3.8, 4) is 0 Å². The van der Waals surface area contributed by atoms with Crippen LogP contribution in [0.1, 0.15) is 71.1 Å². The Morgan fingerprint density at radius 2 is 1.62 bits per heavy atom. The highest BCUT2D eigenvalue weighted by atomic mass is 16.4. The Morgan fingerprint density at radius 3 is 2.27 bits per heavy atom. The Labute approximate surface area is 155 Å². The topological polar surface area (TPSA) is 112 Å². The second-order valence-corrected chi connectivity index (χ2v) is 7.24. The molecule has 0 spiro atoms. The van der Waals surface area contributed by atoms with E-state index in [4.69, 9.17) is 5.11 Å². The van der Waals surface area contributed by atoms with Crippen LogP contribution in [0, 0.1) is 11.8 Å². The molecule has 0 amide bonds. The van der Waals surface area contributed by atoms with Crippen molar-refractivity contribution in [2.45, 2.75) is 83.3 Å². The molecule has 3 N–H and O–H groups in total. The van der Waals surface area contributed by atoms with Crippen molar-refractivity contribution in [1.29, 1.82) is 0 Å². The summed E-state index contributed by atoms with van der Waals surface area (Å²) in [6.07, 6.45) is 6.60. The van der Waals surface area contributed by atoms with E-state index in [1.165, 1.54) is 6.08 Å². The number of aliphatic hydroxyl groups excluding tert-OH is 2. The molecule has 0 aliphatic heterocycles. The molecule has 148 valence electrons. The fourth-order valence-corrected chi connectivity index (χ4v) is 3.48. The van der Waals surface area contributed by atoms with Crippen LogP contribution in [0.2, 0.25) is 0 Å². The summed E-state index contributed by atoms with van der Waals surface area (Å²) in [7, 11) is 0. The SMILES string of the molecule is CCCCCC(=O)C=C[C@@H]1[C@@H](CC(=O)CCCCC(=O)O)[C@@H](O)C[C@H]1O. The molecule has 0 bridgehead atoms. The second-order valence-electron chi connectivity index (χ2n) is 7.24. The molecule has 0 unspecified atom stereocenters. The number of carbonyl (C=O) groups excluding carboxylic acids is 2. The number of aliphatic carboxylic acids is 1. The van der Waals surface area contributed by atoms with E-state index in [1.807, 2.05) is 0 Å². The van der Waals surface area contributed by atoms with Crippen molar-refractivity contribution in [3.05, 3.63) is 12.2 Å². The third kappa shape index (κ3) is 8.23. The van der Waals surface area contributed by atoms with Crippen LogP contribution in [0.15, 0.2) is 12.2 Å². The van der Waals surface area contributed by atoms with Gasteiger partial charge in [-0.1, -0.05) is 25.8 Å². The predicted octanol–water partition coefficient (Wildman–Crippen LogP) is 2.65. The number of allylic oxidation sites excluding steroid dienone is 1. The zero-order chi connectivity index (χ0) is 19.5. The van der Waals surface area contributed by atoms with Crippen molar-refractivity contribution in [2.24, 2.45) is 11.8 Å². The third-order valence-corrected chi connectivity index (χ3v) is 5.01. The first-order valence-electron chi connectivity index (χ1n) is 9.65. The minimum Gasteiger partial charge on any atom is -0.481 e. The number of aliphatic hydroxyl groups is 2. The van der Waals surface area contributed by atoms with Gasteiger partial charge in [0.2, 0.25) is 0 Å². The molecular formula is C20H32O6. The van der Waals surface area contributed by atoms with Crippen LogP contribution < -0.4 is 0 Å². The van der Waals surface area contributed by atoms with Crippen LogP contribution in [-0.2, 0) is 14.4 Å². The van der Waals surface area contributed by atoms with E-state index in [1.54, 1.807) is 6.08 Å². The van der Waals surface area contributed by atoms with E-state index in [0.717, 1.165) is 19.3 Å². The lowest BCUT2D eigenvalue weighted by Crippen LogP contribution is -2.23. The average molecular weight is 368 g/mol. The van der Waals surface area contributed by atoms with Crippen LogP contribution >= 0.6 is 0 Å². The number of carboxylic acids is 1. The van der Waals surface area contributed by atoms with Crippen LogP contribution in [0.25, 0.3) is 0 Å². The summed E-state index contributed by atoms with van der Waals surface area (Å²) in [5.41, 5.74) is 0. The normalized spacial score (nSPS) is 25.7. The van der Waals surface area contributed by atoms with Crippen LogP contribution in [-0.4, -0.2) is 45.1 Å². The second kappa shape index (κ2) is 12.0. The Bertz CT molecular complexity index is 499. The van der Waals surface area contributed by atoms with Crippen LogP contribution in [0.3, 0.4) is 0 Å². The van der Waals surface area contributed by atoms with Gasteiger partial charge in [-0.05, 0) is 25.3 Å². The number of carbonyl (C=O) groups is 3. The van der Waals surface area contributed by atoms with Crippen molar-refractivity contribution < 1.29 is 29.7 Å². The summed E-state index contributed by atoms with van der Waals surface area (Å²) in [5.74, 6) is -1.70. The molecular weight excluding hydrogens is 336 g/mol. The zero-order valence-corrected chi connectivity index (χ0v) is 15.6. The monoisotopic (exact) mass is 368 g/mol. The van der Waals surface area contributed by atoms with E-state index in [-0.39, 0.29) is 37.2 Å². The lowest BCUT2D eigenvalue weighted by atomic mass is 9.87. The molecule has 4 atom stereocenters. The van der Waals surface area contributed by atoms with Gasteiger partial charge in [0.05, 0.1) is 12.2 Å². The maximum absolute atomic E-state index is 12.1. The van der Waals surface area contributed by atoms with Gasteiger partial charge in [-0.2, -0.15) is 0 Å². The van der Waals surface area contributed by atoms with Crippen LogP contribution in [0.4, 0.5) is 0 Å². The quantitative estimate of drug-likeness (QED) is 0.340. The summed E-state index contributed by atoms with van der Waals surface area (Å²) < 4.78 is 0. The smallest absolute Gasteiger partial charge is 0.303 e. The number of rotatable bonds is 13. The number of carboxylic acid groups (broad SMARTS) is 1. The highest BCUT2D eigenvalue weighted by Crippen LogP contribution is 2.36. The summed E-state index contributed by atoms with van der Waals surface area (Å²) in [6.45, 7) is 2.07. The van der Waals surface area contributed by atoms with Crippen LogP contribution in [0.5, 0.6) is 0 Å². The summed E-state index contributed by atoms with van der Waals surface area (Å²) in [4.78, 5) is 34.5. The fourth-order valence-electron chi connectivity index (χ4n) is 3.48. The minimum atomic E-state index is -0.874. The maximum atomic E-state index is 12.1. The first kappa shape index (κ1) is 22.5. The molecule has 0 heterocycles. The fraction of sp³-hybridized carbons (Fsp3) is 0.750. The molecule has 1 fully saturated rings. The number of Topliss-reactive ketones (excluding diaryl/α,β-unsaturated/α-hetero) is 1. The summed E-state index contributed by atoms with van der Waals surface area (Å²) in [5, 5.41) is 28.9. The lowest BCUT2D eigenvalue weighted by Gasteiger charge is -2.20. The van der Waals surface area contributed by atoms with E-state index < -0.39 is 30.0 Å². The molecule has 6 heteroatoms. The van der Waals surface area contributed by atoms with Gasteiger partial charge in [-0.3, -0.25) is 14.4 Å². The first-order chi connectivity index (χ1) is 12.3. The van der Waals surface area contributed by atoms with Gasteiger partial charge in [0, 0.05) is 43.9 Å². The molecule has 1 aliphatic carbocycles. The van der Waals surface area contributed by atoms with Gasteiger partial charge in [0.1, 0.15) is 5.78 Å². The van der Waals surface area contributed by atoms with Gasteiger partial charge in [-0.15, -0.1) is 0 Å². The Morgan fingerprint density at radius 1 is 0.962 bits per heavy atom. The molecule has 0 aromatic rings. The van der Waals surface area contributed by atoms with E-state index >= 15 is 0 Å². The number of hydrogen-bond donors (Lipinski definition) is 3. The van der Waals surface area contributed by atoms with Gasteiger partial charge < -0.3 is 15.3 Å². The van der Waals surface area contributed by atoms with Crippen molar-refractivity contribution in [3.63, 3.8) is 0 Å². The Kier molecular flexibility index (Phi) is 10.4. The lowest BCUT2D eigenvalue weighted by molar-refractivity contribution is -0.137.